The van der Waals surface area contributed by atoms with Crippen molar-refractivity contribution in [3.63, 3.8) is 0 Å². The zero-order valence-corrected chi connectivity index (χ0v) is 19.5. The standard InChI is InChI=1S/C27H27F3N2O4/c28-27(29,30)17-4-2-1-3-16(17)21-18(31-35)12-26(34)20-11-15-7-8-19(33)23-22(15)25(26,24(21)36-23)9-10-32(20)13-14-5-6-14/h1-4,7-8,14,20-21,24,33-35H,5-6,9-13H2/t20-,21?,24+,25+,26-/m1/s1. The summed E-state index contributed by atoms with van der Waals surface area (Å²) in [4.78, 5) is 2.31. The molecular weight excluding hydrogens is 473 g/mol. The van der Waals surface area contributed by atoms with Gasteiger partial charge in [0.1, 0.15) is 6.10 Å². The molecule has 0 amide bonds. The normalized spacial score (nSPS) is 36.0. The summed E-state index contributed by atoms with van der Waals surface area (Å²) in [6.45, 7) is 1.54. The minimum atomic E-state index is -4.62. The van der Waals surface area contributed by atoms with Crippen LogP contribution in [-0.4, -0.2) is 56.9 Å². The molecule has 7 rings (SSSR count). The Balaban J connectivity index is 1.46. The quantitative estimate of drug-likeness (QED) is 0.435. The van der Waals surface area contributed by atoms with Crippen LogP contribution in [0.4, 0.5) is 13.2 Å². The summed E-state index contributed by atoms with van der Waals surface area (Å²) in [7, 11) is 0. The minimum Gasteiger partial charge on any atom is -0.504 e. The number of oxime groups is 1. The van der Waals surface area contributed by atoms with E-state index in [2.05, 4.69) is 10.1 Å². The van der Waals surface area contributed by atoms with E-state index in [0.717, 1.165) is 31.0 Å². The predicted octanol–water partition coefficient (Wildman–Crippen LogP) is 4.20. The van der Waals surface area contributed by atoms with E-state index in [-0.39, 0.29) is 35.2 Å². The predicted molar refractivity (Wildman–Crippen MR) is 124 cm³/mol. The lowest BCUT2D eigenvalue weighted by molar-refractivity contribution is -0.171. The Hall–Kier alpha value is -2.78. The first kappa shape index (κ1) is 22.4. The molecule has 5 aliphatic rings. The van der Waals surface area contributed by atoms with Crippen molar-refractivity contribution in [1.29, 1.82) is 0 Å². The molecule has 2 aliphatic heterocycles. The average molecular weight is 501 g/mol. The van der Waals surface area contributed by atoms with Crippen LogP contribution in [0.1, 0.15) is 53.9 Å². The van der Waals surface area contributed by atoms with Crippen LogP contribution < -0.4 is 4.74 Å². The zero-order valence-electron chi connectivity index (χ0n) is 19.5. The topological polar surface area (TPSA) is 85.5 Å². The van der Waals surface area contributed by atoms with Gasteiger partial charge in [0.15, 0.2) is 11.5 Å². The van der Waals surface area contributed by atoms with Crippen LogP contribution in [0.2, 0.25) is 0 Å². The second-order valence-electron chi connectivity index (χ2n) is 11.1. The molecule has 5 atom stereocenters. The average Bonchev–Trinajstić information content (AvgIpc) is 3.58. The van der Waals surface area contributed by atoms with E-state index in [0.29, 0.717) is 30.9 Å². The number of phenolic OH excluding ortho intramolecular Hbond substituents is 1. The lowest BCUT2D eigenvalue weighted by Crippen LogP contribution is -2.77. The first-order chi connectivity index (χ1) is 17.2. The number of alkyl halides is 3. The number of ether oxygens (including phenoxy) is 1. The number of aliphatic hydroxyl groups is 1. The van der Waals surface area contributed by atoms with Gasteiger partial charge in [0.05, 0.1) is 28.2 Å². The molecule has 2 heterocycles. The van der Waals surface area contributed by atoms with E-state index in [4.69, 9.17) is 4.74 Å². The van der Waals surface area contributed by atoms with Gasteiger partial charge in [-0.15, -0.1) is 0 Å². The Kier molecular flexibility index (Phi) is 4.46. The summed E-state index contributed by atoms with van der Waals surface area (Å²) < 4.78 is 48.7. The summed E-state index contributed by atoms with van der Waals surface area (Å²) in [6.07, 6.45) is -2.32. The third-order valence-corrected chi connectivity index (χ3v) is 9.40. The van der Waals surface area contributed by atoms with Crippen LogP contribution >= 0.6 is 0 Å². The van der Waals surface area contributed by atoms with Crippen molar-refractivity contribution < 1.29 is 33.3 Å². The fraction of sp³-hybridized carbons (Fsp3) is 0.519. The fourth-order valence-electron chi connectivity index (χ4n) is 7.79. The van der Waals surface area contributed by atoms with E-state index >= 15 is 0 Å². The van der Waals surface area contributed by atoms with E-state index in [1.54, 1.807) is 6.07 Å². The Morgan fingerprint density at radius 1 is 1.14 bits per heavy atom. The highest BCUT2D eigenvalue weighted by Crippen LogP contribution is 2.67. The van der Waals surface area contributed by atoms with Crippen LogP contribution in [0.25, 0.3) is 0 Å². The molecule has 0 aromatic heterocycles. The third kappa shape index (κ3) is 2.73. The number of halogens is 3. The summed E-state index contributed by atoms with van der Waals surface area (Å²) in [6, 6.07) is 8.41. The number of likely N-dealkylation sites (tertiary alicyclic amines) is 1. The van der Waals surface area contributed by atoms with Crippen LogP contribution in [-0.2, 0) is 18.0 Å². The van der Waals surface area contributed by atoms with Gasteiger partial charge in [-0.3, -0.25) is 4.90 Å². The molecule has 0 radical (unpaired) electrons. The molecular formula is C27H27F3N2O4. The van der Waals surface area contributed by atoms with Crippen LogP contribution in [0.3, 0.4) is 0 Å². The van der Waals surface area contributed by atoms with Crippen LogP contribution in [0.5, 0.6) is 11.5 Å². The smallest absolute Gasteiger partial charge is 0.416 e. The lowest BCUT2D eigenvalue weighted by Gasteiger charge is -2.64. The van der Waals surface area contributed by atoms with Gasteiger partial charge in [-0.05, 0) is 61.4 Å². The molecule has 2 aromatic rings. The second-order valence-corrected chi connectivity index (χ2v) is 11.1. The Bertz CT molecular complexity index is 1290. The van der Waals surface area contributed by atoms with Crippen molar-refractivity contribution >= 4 is 5.71 Å². The van der Waals surface area contributed by atoms with Crippen molar-refractivity contribution in [2.45, 2.75) is 67.4 Å². The van der Waals surface area contributed by atoms with E-state index in [9.17, 15) is 28.6 Å². The molecule has 3 aliphatic carbocycles. The molecule has 2 bridgehead atoms. The fourth-order valence-corrected chi connectivity index (χ4v) is 7.79. The van der Waals surface area contributed by atoms with Gasteiger partial charge < -0.3 is 20.2 Å². The van der Waals surface area contributed by atoms with Gasteiger partial charge in [-0.1, -0.05) is 29.4 Å². The van der Waals surface area contributed by atoms with E-state index in [1.807, 2.05) is 6.07 Å². The molecule has 3 N–H and O–H groups in total. The maximum atomic E-state index is 14.1. The highest BCUT2D eigenvalue weighted by Gasteiger charge is 2.74. The van der Waals surface area contributed by atoms with Crippen molar-refractivity contribution in [3.8, 4) is 11.5 Å². The summed E-state index contributed by atoms with van der Waals surface area (Å²) >= 11 is 0. The number of phenols is 1. The van der Waals surface area contributed by atoms with Crippen molar-refractivity contribution in [1.82, 2.24) is 4.90 Å². The number of benzene rings is 2. The van der Waals surface area contributed by atoms with Gasteiger partial charge in [0.2, 0.25) is 0 Å². The van der Waals surface area contributed by atoms with E-state index in [1.165, 1.54) is 18.2 Å². The number of piperidine rings is 1. The molecule has 1 spiro atoms. The molecule has 2 aromatic carbocycles. The molecule has 2 saturated carbocycles. The van der Waals surface area contributed by atoms with Gasteiger partial charge in [0.25, 0.3) is 0 Å². The highest BCUT2D eigenvalue weighted by molar-refractivity contribution is 5.95. The highest BCUT2D eigenvalue weighted by atomic mass is 19.4. The summed E-state index contributed by atoms with van der Waals surface area (Å²) in [5.41, 5.74) is -1.57. The molecule has 36 heavy (non-hydrogen) atoms. The van der Waals surface area contributed by atoms with Crippen molar-refractivity contribution in [3.05, 3.63) is 58.7 Å². The summed E-state index contributed by atoms with van der Waals surface area (Å²) in [5.74, 6) is -0.305. The monoisotopic (exact) mass is 500 g/mol. The maximum Gasteiger partial charge on any atom is 0.416 e. The Labute approximate surface area is 206 Å². The maximum absolute atomic E-state index is 14.1. The molecule has 1 unspecified atom stereocenters. The molecule has 6 nitrogen and oxygen atoms in total. The zero-order chi connectivity index (χ0) is 25.0. The second kappa shape index (κ2) is 7.16. The molecule has 9 heteroatoms. The van der Waals surface area contributed by atoms with E-state index < -0.39 is 34.8 Å². The molecule has 3 fully saturated rings. The number of aromatic hydroxyl groups is 1. The number of nitrogens with zero attached hydrogens (tertiary/aromatic N) is 2. The minimum absolute atomic E-state index is 0.0457. The number of hydrogen-bond donors (Lipinski definition) is 3. The van der Waals surface area contributed by atoms with Crippen LogP contribution in [0, 0.1) is 5.92 Å². The van der Waals surface area contributed by atoms with Gasteiger partial charge in [-0.25, -0.2) is 0 Å². The first-order valence-electron chi connectivity index (χ1n) is 12.5. The molecule has 190 valence electrons. The third-order valence-electron chi connectivity index (χ3n) is 9.40. The number of rotatable bonds is 3. The van der Waals surface area contributed by atoms with Crippen molar-refractivity contribution in [2.24, 2.45) is 11.1 Å². The van der Waals surface area contributed by atoms with Gasteiger partial charge in [-0.2, -0.15) is 13.2 Å². The largest absolute Gasteiger partial charge is 0.504 e. The van der Waals surface area contributed by atoms with Crippen LogP contribution in [0.15, 0.2) is 41.6 Å². The first-order valence-corrected chi connectivity index (χ1v) is 12.5. The Morgan fingerprint density at radius 2 is 1.92 bits per heavy atom. The lowest BCUT2D eigenvalue weighted by atomic mass is 9.46. The Morgan fingerprint density at radius 3 is 2.64 bits per heavy atom. The van der Waals surface area contributed by atoms with Gasteiger partial charge >= 0.3 is 6.18 Å². The van der Waals surface area contributed by atoms with Crippen molar-refractivity contribution in [2.75, 3.05) is 13.1 Å². The number of hydrogen-bond acceptors (Lipinski definition) is 6. The van der Waals surface area contributed by atoms with Gasteiger partial charge in [0, 0.05) is 24.6 Å². The SMILES string of the molecule is ON=C1C[C@@]2(O)[C@H]3Cc4ccc(O)c5c4[C@@]2(CCN3CC2CC2)[C@@H](O5)C1c1ccccc1C(F)(F)F. The molecule has 1 saturated heterocycles. The summed E-state index contributed by atoms with van der Waals surface area (Å²) in [5, 5.41) is 36.9.